The summed E-state index contributed by atoms with van der Waals surface area (Å²) in [5, 5.41) is 0. The fourth-order valence-electron chi connectivity index (χ4n) is 8.21. The summed E-state index contributed by atoms with van der Waals surface area (Å²) < 4.78 is 42.6. The Kier molecular flexibility index (Phi) is 5.10. The van der Waals surface area contributed by atoms with Crippen LogP contribution < -0.4 is 0 Å². The summed E-state index contributed by atoms with van der Waals surface area (Å²) in [6, 6.07) is 0. The van der Waals surface area contributed by atoms with Crippen molar-refractivity contribution in [1.82, 2.24) is 0 Å². The number of fused-ring (bicyclic) bond motifs is 5. The standard InChI is InChI=1S/C23H33F3O3/c1-13(27)17-6-7-18-16-5-4-14-12-15(29-20(28)23(24,25)26)8-10-21(14,2)19(16)9-11-22(17,18)3/h14-19H,4-12H2,1-3H3/t14-,15+,16?,17+,18?,19?,21-,22+/m0/s1. The summed E-state index contributed by atoms with van der Waals surface area (Å²) in [5.74, 6) is 0.579. The number of Topliss-reactive ketones (excluding diaryl/α,β-unsaturated/α-hetero) is 1. The molecule has 29 heavy (non-hydrogen) atoms. The van der Waals surface area contributed by atoms with Gasteiger partial charge in [-0.05, 0) is 99.2 Å². The fourth-order valence-corrected chi connectivity index (χ4v) is 8.21. The highest BCUT2D eigenvalue weighted by Crippen LogP contribution is 2.67. The van der Waals surface area contributed by atoms with Crippen molar-refractivity contribution in [3.05, 3.63) is 0 Å². The molecule has 0 amide bonds. The van der Waals surface area contributed by atoms with E-state index in [0.29, 0.717) is 42.3 Å². The van der Waals surface area contributed by atoms with Gasteiger partial charge in [-0.25, -0.2) is 4.79 Å². The van der Waals surface area contributed by atoms with Crippen LogP contribution in [0, 0.1) is 40.4 Å². The molecule has 0 heterocycles. The molecule has 0 bridgehead atoms. The van der Waals surface area contributed by atoms with Crippen LogP contribution in [0.2, 0.25) is 0 Å². The quantitative estimate of drug-likeness (QED) is 0.544. The van der Waals surface area contributed by atoms with Gasteiger partial charge < -0.3 is 4.74 Å². The molecule has 0 saturated heterocycles. The van der Waals surface area contributed by atoms with Crippen LogP contribution in [0.4, 0.5) is 13.2 Å². The zero-order valence-corrected chi connectivity index (χ0v) is 17.7. The van der Waals surface area contributed by atoms with Gasteiger partial charge in [0.05, 0.1) is 0 Å². The third-order valence-electron chi connectivity index (χ3n) is 9.61. The molecule has 0 aromatic carbocycles. The molecular weight excluding hydrogens is 381 g/mol. The Labute approximate surface area is 171 Å². The third kappa shape index (κ3) is 3.33. The van der Waals surface area contributed by atoms with E-state index in [-0.39, 0.29) is 16.7 Å². The molecule has 0 N–H and O–H groups in total. The van der Waals surface area contributed by atoms with Crippen LogP contribution in [0.1, 0.15) is 78.6 Å². The van der Waals surface area contributed by atoms with Crippen LogP contribution in [0.25, 0.3) is 0 Å². The number of hydrogen-bond donors (Lipinski definition) is 0. The Hall–Kier alpha value is -1.07. The molecule has 0 aromatic rings. The molecule has 0 aromatic heterocycles. The van der Waals surface area contributed by atoms with E-state index in [9.17, 15) is 22.8 Å². The second-order valence-electron chi connectivity index (χ2n) is 10.7. The lowest BCUT2D eigenvalue weighted by atomic mass is 9.44. The summed E-state index contributed by atoms with van der Waals surface area (Å²) in [4.78, 5) is 23.5. The third-order valence-corrected chi connectivity index (χ3v) is 9.61. The molecule has 3 unspecified atom stereocenters. The highest BCUT2D eigenvalue weighted by molar-refractivity contribution is 5.79. The topological polar surface area (TPSA) is 43.4 Å². The average Bonchev–Trinajstić information content (AvgIpc) is 2.98. The van der Waals surface area contributed by atoms with Gasteiger partial charge in [-0.15, -0.1) is 0 Å². The summed E-state index contributed by atoms with van der Waals surface area (Å²) >= 11 is 0. The van der Waals surface area contributed by atoms with Gasteiger partial charge in [-0.1, -0.05) is 13.8 Å². The summed E-state index contributed by atoms with van der Waals surface area (Å²) in [6.45, 7) is 6.40. The lowest BCUT2D eigenvalue weighted by Crippen LogP contribution is -2.54. The zero-order chi connectivity index (χ0) is 21.2. The van der Waals surface area contributed by atoms with Gasteiger partial charge in [0.1, 0.15) is 11.9 Å². The normalized spacial score (nSPS) is 47.0. The number of alkyl halides is 3. The highest BCUT2D eigenvalue weighted by Gasteiger charge is 2.61. The highest BCUT2D eigenvalue weighted by atomic mass is 19.4. The fraction of sp³-hybridized carbons (Fsp3) is 0.913. The van der Waals surface area contributed by atoms with Crippen molar-refractivity contribution in [3.63, 3.8) is 0 Å². The zero-order valence-electron chi connectivity index (χ0n) is 17.7. The smallest absolute Gasteiger partial charge is 0.456 e. The first kappa shape index (κ1) is 21.2. The van der Waals surface area contributed by atoms with Crippen molar-refractivity contribution in [2.45, 2.75) is 90.8 Å². The molecule has 0 aliphatic heterocycles. The van der Waals surface area contributed by atoms with E-state index >= 15 is 0 Å². The first-order valence-corrected chi connectivity index (χ1v) is 11.2. The molecule has 8 atom stereocenters. The van der Waals surface area contributed by atoms with E-state index < -0.39 is 18.2 Å². The van der Waals surface area contributed by atoms with E-state index in [4.69, 9.17) is 4.74 Å². The van der Waals surface area contributed by atoms with E-state index in [1.54, 1.807) is 6.92 Å². The van der Waals surface area contributed by atoms with Crippen LogP contribution in [0.15, 0.2) is 0 Å². The van der Waals surface area contributed by atoms with Gasteiger partial charge >= 0.3 is 12.1 Å². The molecule has 3 nitrogen and oxygen atoms in total. The van der Waals surface area contributed by atoms with Crippen molar-refractivity contribution in [2.75, 3.05) is 0 Å². The molecule has 164 valence electrons. The largest absolute Gasteiger partial charge is 0.490 e. The minimum Gasteiger partial charge on any atom is -0.456 e. The summed E-state index contributed by atoms with van der Waals surface area (Å²) in [5.41, 5.74) is 0.231. The Morgan fingerprint density at radius 2 is 1.55 bits per heavy atom. The van der Waals surface area contributed by atoms with Crippen LogP contribution in [0.3, 0.4) is 0 Å². The van der Waals surface area contributed by atoms with E-state index in [0.717, 1.165) is 44.9 Å². The van der Waals surface area contributed by atoms with Crippen molar-refractivity contribution < 1.29 is 27.5 Å². The molecule has 4 saturated carbocycles. The Bertz CT molecular complexity index is 689. The minimum absolute atomic E-state index is 0.111. The maximum Gasteiger partial charge on any atom is 0.490 e. The van der Waals surface area contributed by atoms with Gasteiger partial charge in [-0.2, -0.15) is 13.2 Å². The lowest BCUT2D eigenvalue weighted by molar-refractivity contribution is -0.210. The first-order valence-electron chi connectivity index (χ1n) is 11.2. The van der Waals surface area contributed by atoms with Gasteiger partial charge in [0.2, 0.25) is 0 Å². The Balaban J connectivity index is 1.48. The van der Waals surface area contributed by atoms with Crippen molar-refractivity contribution in [1.29, 1.82) is 0 Å². The monoisotopic (exact) mass is 414 g/mol. The number of carbonyl (C=O) groups is 2. The van der Waals surface area contributed by atoms with E-state index in [2.05, 4.69) is 13.8 Å². The average molecular weight is 415 g/mol. The van der Waals surface area contributed by atoms with Crippen molar-refractivity contribution in [3.8, 4) is 0 Å². The van der Waals surface area contributed by atoms with Crippen LogP contribution in [-0.2, 0) is 14.3 Å². The Morgan fingerprint density at radius 3 is 2.21 bits per heavy atom. The summed E-state index contributed by atoms with van der Waals surface area (Å²) in [7, 11) is 0. The molecule has 0 radical (unpaired) electrons. The maximum atomic E-state index is 12.6. The van der Waals surface area contributed by atoms with E-state index in [1.165, 1.54) is 0 Å². The molecule has 4 aliphatic rings. The van der Waals surface area contributed by atoms with Crippen LogP contribution in [0.5, 0.6) is 0 Å². The van der Waals surface area contributed by atoms with E-state index in [1.807, 2.05) is 0 Å². The second-order valence-corrected chi connectivity index (χ2v) is 10.7. The number of halogens is 3. The summed E-state index contributed by atoms with van der Waals surface area (Å²) in [6.07, 6.45) is 2.81. The van der Waals surface area contributed by atoms with Gasteiger partial charge in [0.25, 0.3) is 0 Å². The first-order chi connectivity index (χ1) is 13.5. The molecule has 0 spiro atoms. The predicted molar refractivity (Wildman–Crippen MR) is 102 cm³/mol. The maximum absolute atomic E-state index is 12.6. The van der Waals surface area contributed by atoms with Crippen LogP contribution >= 0.6 is 0 Å². The second kappa shape index (κ2) is 6.98. The van der Waals surface area contributed by atoms with Crippen LogP contribution in [-0.4, -0.2) is 24.0 Å². The van der Waals surface area contributed by atoms with Crippen molar-refractivity contribution >= 4 is 11.8 Å². The minimum atomic E-state index is -4.91. The number of ketones is 1. The number of ether oxygens (including phenoxy) is 1. The van der Waals surface area contributed by atoms with Gasteiger partial charge in [-0.3, -0.25) is 4.79 Å². The molecule has 4 rings (SSSR count). The number of hydrogen-bond acceptors (Lipinski definition) is 3. The number of esters is 1. The molecular formula is C23H33F3O3. The van der Waals surface area contributed by atoms with Gasteiger partial charge in [0.15, 0.2) is 0 Å². The SMILES string of the molecule is CC(=O)[C@H]1CCC2C3CC[C@H]4C[C@H](OC(=O)C(F)(F)F)CC[C@]4(C)C3CC[C@@]21C. The van der Waals surface area contributed by atoms with Crippen molar-refractivity contribution in [2.24, 2.45) is 40.4 Å². The lowest BCUT2D eigenvalue weighted by Gasteiger charge is -2.61. The van der Waals surface area contributed by atoms with Gasteiger partial charge in [0, 0.05) is 5.92 Å². The molecule has 6 heteroatoms. The Morgan fingerprint density at radius 1 is 0.897 bits per heavy atom. The molecule has 4 fully saturated rings. The number of carbonyl (C=O) groups excluding carboxylic acids is 2. The number of rotatable bonds is 2. The molecule has 4 aliphatic carbocycles. The predicted octanol–water partition coefficient (Wildman–Crippen LogP) is 5.71.